The molecule has 1 fully saturated rings. The third kappa shape index (κ3) is 8.53. The smallest absolute Gasteiger partial charge is 0.407 e. The van der Waals surface area contributed by atoms with Crippen LogP contribution in [-0.2, 0) is 4.74 Å². The zero-order valence-corrected chi connectivity index (χ0v) is 15.6. The number of nitrogens with one attached hydrogen (secondary N) is 2. The molecule has 1 rings (SSSR count). The van der Waals surface area contributed by atoms with Crippen LogP contribution in [0.5, 0.6) is 0 Å². The van der Waals surface area contributed by atoms with Gasteiger partial charge in [0.1, 0.15) is 5.60 Å². The van der Waals surface area contributed by atoms with E-state index in [2.05, 4.69) is 10.6 Å². The Kier molecular flexibility index (Phi) is 7.29. The first-order valence-electron chi connectivity index (χ1n) is 8.56. The lowest BCUT2D eigenvalue weighted by Crippen LogP contribution is -2.50. The first kappa shape index (κ1) is 20.2. The minimum atomic E-state index is -0.755. The molecule has 3 atom stereocenters. The predicted octanol–water partition coefficient (Wildman–Crippen LogP) is 1.58. The van der Waals surface area contributed by atoms with Crippen LogP contribution >= 0.6 is 0 Å². The molecule has 0 aromatic carbocycles. The number of aliphatic hydroxyl groups is 1. The van der Waals surface area contributed by atoms with Crippen molar-refractivity contribution in [2.24, 2.45) is 5.92 Å². The van der Waals surface area contributed by atoms with Crippen LogP contribution in [0.15, 0.2) is 0 Å². The van der Waals surface area contributed by atoms with Crippen molar-refractivity contribution < 1.29 is 14.6 Å². The number of rotatable bonds is 7. The molecular weight excluding hydrogens is 294 g/mol. The summed E-state index contributed by atoms with van der Waals surface area (Å²) in [5.74, 6) is 0.387. The Morgan fingerprint density at radius 3 is 2.48 bits per heavy atom. The Morgan fingerprint density at radius 2 is 1.91 bits per heavy atom. The zero-order valence-electron chi connectivity index (χ0n) is 15.6. The van der Waals surface area contributed by atoms with Crippen molar-refractivity contribution in [2.75, 3.05) is 33.7 Å². The van der Waals surface area contributed by atoms with E-state index in [1.54, 1.807) is 0 Å². The lowest BCUT2D eigenvalue weighted by Gasteiger charge is -2.30. The largest absolute Gasteiger partial charge is 0.444 e. The molecule has 0 aliphatic heterocycles. The van der Waals surface area contributed by atoms with Crippen LogP contribution in [0.1, 0.15) is 47.0 Å². The highest BCUT2D eigenvalue weighted by Gasteiger charge is 2.30. The van der Waals surface area contributed by atoms with E-state index in [0.29, 0.717) is 31.6 Å². The van der Waals surface area contributed by atoms with Crippen molar-refractivity contribution in [3.05, 3.63) is 0 Å². The van der Waals surface area contributed by atoms with Gasteiger partial charge in [-0.2, -0.15) is 0 Å². The lowest BCUT2D eigenvalue weighted by atomic mass is 10.0. The number of carbonyl (C=O) groups excluding carboxylic acids is 1. The van der Waals surface area contributed by atoms with Gasteiger partial charge >= 0.3 is 6.09 Å². The van der Waals surface area contributed by atoms with Gasteiger partial charge in [-0.3, -0.25) is 0 Å². The Morgan fingerprint density at radius 1 is 1.26 bits per heavy atom. The van der Waals surface area contributed by atoms with Crippen LogP contribution in [0.4, 0.5) is 4.79 Å². The third-order valence-electron chi connectivity index (χ3n) is 3.97. The molecule has 6 heteroatoms. The highest BCUT2D eigenvalue weighted by Crippen LogP contribution is 2.25. The van der Waals surface area contributed by atoms with Gasteiger partial charge < -0.3 is 25.4 Å². The van der Waals surface area contributed by atoms with E-state index in [1.807, 2.05) is 46.7 Å². The molecule has 3 N–H and O–H groups in total. The topological polar surface area (TPSA) is 73.8 Å². The molecule has 3 unspecified atom stereocenters. The summed E-state index contributed by atoms with van der Waals surface area (Å²) in [7, 11) is 3.91. The Hall–Kier alpha value is -0.850. The quantitative estimate of drug-likeness (QED) is 0.661. The van der Waals surface area contributed by atoms with Crippen molar-refractivity contribution in [2.45, 2.75) is 64.2 Å². The molecule has 23 heavy (non-hydrogen) atoms. The zero-order chi connectivity index (χ0) is 17.7. The summed E-state index contributed by atoms with van der Waals surface area (Å²) in [5.41, 5.74) is -1.22. The molecule has 6 nitrogen and oxygen atoms in total. The second-order valence-electron chi connectivity index (χ2n) is 8.30. The van der Waals surface area contributed by atoms with E-state index in [1.165, 1.54) is 0 Å². The van der Waals surface area contributed by atoms with Gasteiger partial charge in [-0.1, -0.05) is 6.42 Å². The molecule has 0 aromatic rings. The van der Waals surface area contributed by atoms with E-state index < -0.39 is 11.2 Å². The molecule has 0 radical (unpaired) electrons. The Labute approximate surface area is 141 Å². The molecule has 136 valence electrons. The first-order chi connectivity index (χ1) is 10.5. The number of likely N-dealkylation sites (N-methyl/N-ethyl adjacent to an activating group) is 1. The summed E-state index contributed by atoms with van der Waals surface area (Å²) in [6.45, 7) is 9.22. The summed E-state index contributed by atoms with van der Waals surface area (Å²) in [6, 6.07) is 0.332. The van der Waals surface area contributed by atoms with Gasteiger partial charge in [0.15, 0.2) is 0 Å². The molecule has 0 heterocycles. The van der Waals surface area contributed by atoms with Crippen LogP contribution in [0.3, 0.4) is 0 Å². The molecule has 1 aliphatic carbocycles. The molecule has 1 aliphatic rings. The fourth-order valence-electron chi connectivity index (χ4n) is 3.17. The summed E-state index contributed by atoms with van der Waals surface area (Å²) in [6.07, 6.45) is 2.96. The number of hydrogen-bond acceptors (Lipinski definition) is 5. The maximum Gasteiger partial charge on any atom is 0.407 e. The Bertz CT molecular complexity index is 378. The van der Waals surface area contributed by atoms with E-state index in [4.69, 9.17) is 4.74 Å². The predicted molar refractivity (Wildman–Crippen MR) is 92.5 cm³/mol. The molecule has 0 spiro atoms. The number of alkyl carbamates (subject to hydrolysis) is 1. The number of hydrogen-bond donors (Lipinski definition) is 3. The molecule has 1 amide bonds. The van der Waals surface area contributed by atoms with Gasteiger partial charge in [-0.05, 0) is 60.5 Å². The van der Waals surface area contributed by atoms with Crippen LogP contribution < -0.4 is 10.6 Å². The van der Waals surface area contributed by atoms with Crippen molar-refractivity contribution in [3.8, 4) is 0 Å². The van der Waals surface area contributed by atoms with Crippen molar-refractivity contribution >= 4 is 6.09 Å². The average Bonchev–Trinajstić information content (AvgIpc) is 2.77. The SMILES string of the molecule is CN(C)CC(C)(O)CNC1CCCC1CNC(=O)OC(C)(C)C. The summed E-state index contributed by atoms with van der Waals surface area (Å²) in [5, 5.41) is 16.7. The first-order valence-corrected chi connectivity index (χ1v) is 8.56. The van der Waals surface area contributed by atoms with Gasteiger partial charge in [0.25, 0.3) is 0 Å². The molecule has 0 saturated heterocycles. The van der Waals surface area contributed by atoms with Gasteiger partial charge in [-0.25, -0.2) is 4.79 Å². The normalized spacial score (nSPS) is 24.5. The van der Waals surface area contributed by atoms with E-state index in [9.17, 15) is 9.90 Å². The fraction of sp³-hybridized carbons (Fsp3) is 0.941. The highest BCUT2D eigenvalue weighted by atomic mass is 16.6. The number of amides is 1. The van der Waals surface area contributed by atoms with Crippen molar-refractivity contribution in [1.29, 1.82) is 0 Å². The maximum atomic E-state index is 11.8. The van der Waals surface area contributed by atoms with E-state index >= 15 is 0 Å². The van der Waals surface area contributed by atoms with E-state index in [0.717, 1.165) is 19.3 Å². The molecule has 1 saturated carbocycles. The number of ether oxygens (including phenoxy) is 1. The van der Waals surface area contributed by atoms with E-state index in [-0.39, 0.29) is 6.09 Å². The Balaban J connectivity index is 2.38. The molecule has 0 bridgehead atoms. The van der Waals surface area contributed by atoms with Crippen LogP contribution in [0.2, 0.25) is 0 Å². The van der Waals surface area contributed by atoms with Crippen LogP contribution in [0.25, 0.3) is 0 Å². The average molecular weight is 329 g/mol. The summed E-state index contributed by atoms with van der Waals surface area (Å²) < 4.78 is 5.27. The van der Waals surface area contributed by atoms with Gasteiger partial charge in [0.05, 0.1) is 5.60 Å². The molecule has 0 aromatic heterocycles. The summed E-state index contributed by atoms with van der Waals surface area (Å²) in [4.78, 5) is 13.7. The fourth-order valence-corrected chi connectivity index (χ4v) is 3.17. The minimum absolute atomic E-state index is 0.332. The maximum absolute atomic E-state index is 11.8. The van der Waals surface area contributed by atoms with Crippen molar-refractivity contribution in [1.82, 2.24) is 15.5 Å². The summed E-state index contributed by atoms with van der Waals surface area (Å²) >= 11 is 0. The lowest BCUT2D eigenvalue weighted by molar-refractivity contribution is 0.0296. The highest BCUT2D eigenvalue weighted by molar-refractivity contribution is 5.67. The van der Waals surface area contributed by atoms with Gasteiger partial charge in [0.2, 0.25) is 0 Å². The van der Waals surface area contributed by atoms with Crippen molar-refractivity contribution in [3.63, 3.8) is 0 Å². The second kappa shape index (κ2) is 8.31. The van der Waals surface area contributed by atoms with Gasteiger partial charge in [0, 0.05) is 25.7 Å². The number of nitrogens with zero attached hydrogens (tertiary/aromatic N) is 1. The minimum Gasteiger partial charge on any atom is -0.444 e. The molecular formula is C17H35N3O3. The van der Waals surface area contributed by atoms with Crippen LogP contribution in [0, 0.1) is 5.92 Å². The van der Waals surface area contributed by atoms with Crippen LogP contribution in [-0.4, -0.2) is 67.1 Å². The number of carbonyl (C=O) groups is 1. The third-order valence-corrected chi connectivity index (χ3v) is 3.97. The van der Waals surface area contributed by atoms with Gasteiger partial charge in [-0.15, -0.1) is 0 Å². The monoisotopic (exact) mass is 329 g/mol. The standard InChI is InChI=1S/C17H35N3O3/c1-16(2,3)23-15(21)18-10-13-8-7-9-14(13)19-11-17(4,22)12-20(5)6/h13-14,19,22H,7-12H2,1-6H3,(H,18,21). The second-order valence-corrected chi connectivity index (χ2v) is 8.30.